The van der Waals surface area contributed by atoms with Crippen LogP contribution in [0.3, 0.4) is 0 Å². The number of fused-ring (bicyclic) bond motifs is 1. The highest BCUT2D eigenvalue weighted by atomic mass is 16.5. The highest BCUT2D eigenvalue weighted by molar-refractivity contribution is 6.03. The number of hydrogen-bond acceptors (Lipinski definition) is 3. The molecule has 0 aliphatic carbocycles. The zero-order valence-corrected chi connectivity index (χ0v) is 19.8. The summed E-state index contributed by atoms with van der Waals surface area (Å²) >= 11 is 0. The fourth-order valence-electron chi connectivity index (χ4n) is 3.95. The van der Waals surface area contributed by atoms with Gasteiger partial charge in [-0.2, -0.15) is 0 Å². The van der Waals surface area contributed by atoms with E-state index in [9.17, 15) is 9.59 Å². The highest BCUT2D eigenvalue weighted by Crippen LogP contribution is 2.36. The number of carbonyl (C=O) groups excluding carboxylic acids is 2. The molecule has 1 aliphatic rings. The summed E-state index contributed by atoms with van der Waals surface area (Å²) in [4.78, 5) is 27.0. The van der Waals surface area contributed by atoms with Crippen molar-refractivity contribution in [2.24, 2.45) is 0 Å². The van der Waals surface area contributed by atoms with E-state index in [1.165, 1.54) is 17.2 Å². The summed E-state index contributed by atoms with van der Waals surface area (Å²) in [6.45, 7) is 6.62. The molecule has 1 heterocycles. The molecule has 5 heteroatoms. The van der Waals surface area contributed by atoms with Crippen LogP contribution in [-0.2, 0) is 16.0 Å². The molecule has 0 saturated carbocycles. The van der Waals surface area contributed by atoms with Crippen LogP contribution < -0.4 is 15.0 Å². The molecule has 0 radical (unpaired) electrons. The Morgan fingerprint density at radius 2 is 1.79 bits per heavy atom. The summed E-state index contributed by atoms with van der Waals surface area (Å²) < 4.78 is 5.85. The number of carbonyl (C=O) groups is 2. The maximum atomic E-state index is 12.8. The lowest BCUT2D eigenvalue weighted by Gasteiger charge is -2.33. The average molecular weight is 455 g/mol. The van der Waals surface area contributed by atoms with Gasteiger partial charge in [0.1, 0.15) is 5.75 Å². The third-order valence-electron chi connectivity index (χ3n) is 5.93. The monoisotopic (exact) mass is 454 g/mol. The van der Waals surface area contributed by atoms with Gasteiger partial charge in [-0.25, -0.2) is 0 Å². The lowest BCUT2D eigenvalue weighted by molar-refractivity contribution is -0.125. The molecule has 3 aromatic rings. The van der Waals surface area contributed by atoms with Crippen LogP contribution >= 0.6 is 0 Å². The predicted molar refractivity (Wildman–Crippen MR) is 137 cm³/mol. The third kappa shape index (κ3) is 5.54. The van der Waals surface area contributed by atoms with Crippen molar-refractivity contribution in [3.8, 4) is 5.75 Å². The fourth-order valence-corrected chi connectivity index (χ4v) is 3.95. The second kappa shape index (κ2) is 10.4. The van der Waals surface area contributed by atoms with Crippen molar-refractivity contribution in [3.05, 3.63) is 95.6 Å². The number of nitrogens with zero attached hydrogens (tertiary/aromatic N) is 1. The SMILES string of the molecule is CC1Oc2cc(NC(=O)/C=C/c3ccc(C(C)C)cc3)ccc2N(CCc2ccccc2)C1=O. The molecule has 1 N–H and O–H groups in total. The number of ether oxygens (including phenoxy) is 1. The average Bonchev–Trinajstić information content (AvgIpc) is 2.84. The molecular weight excluding hydrogens is 424 g/mol. The van der Waals surface area contributed by atoms with Crippen molar-refractivity contribution in [3.63, 3.8) is 0 Å². The number of nitrogens with one attached hydrogen (secondary N) is 1. The van der Waals surface area contributed by atoms with Gasteiger partial charge in [-0.3, -0.25) is 9.59 Å². The standard InChI is InChI=1S/C29H30N2O3/c1-20(2)24-12-9-23(10-13-24)11-16-28(32)30-25-14-15-26-27(19-25)34-21(3)29(33)31(26)18-17-22-7-5-4-6-8-22/h4-16,19-21H,17-18H2,1-3H3,(H,30,32)/b16-11+. The van der Waals surface area contributed by atoms with E-state index >= 15 is 0 Å². The van der Waals surface area contributed by atoms with E-state index < -0.39 is 6.10 Å². The van der Waals surface area contributed by atoms with Gasteiger partial charge in [-0.05, 0) is 54.2 Å². The minimum Gasteiger partial charge on any atom is -0.479 e. The second-order valence-corrected chi connectivity index (χ2v) is 8.81. The lowest BCUT2D eigenvalue weighted by atomic mass is 10.0. The fraction of sp³-hybridized carbons (Fsp3) is 0.241. The van der Waals surface area contributed by atoms with Crippen LogP contribution in [0.4, 0.5) is 11.4 Å². The molecular formula is C29H30N2O3. The van der Waals surface area contributed by atoms with Gasteiger partial charge in [0.05, 0.1) is 5.69 Å². The molecule has 1 unspecified atom stereocenters. The van der Waals surface area contributed by atoms with Gasteiger partial charge < -0.3 is 15.0 Å². The number of benzene rings is 3. The Bertz CT molecular complexity index is 1180. The molecule has 1 atom stereocenters. The second-order valence-electron chi connectivity index (χ2n) is 8.81. The van der Waals surface area contributed by atoms with Crippen molar-refractivity contribution in [2.45, 2.75) is 39.2 Å². The first-order valence-electron chi connectivity index (χ1n) is 11.7. The van der Waals surface area contributed by atoms with Crippen molar-refractivity contribution < 1.29 is 14.3 Å². The number of rotatable bonds is 7. The summed E-state index contributed by atoms with van der Waals surface area (Å²) in [5.74, 6) is 0.770. The molecule has 2 amide bonds. The molecule has 4 rings (SSSR count). The van der Waals surface area contributed by atoms with E-state index in [1.807, 2.05) is 36.4 Å². The van der Waals surface area contributed by atoms with Crippen LogP contribution in [0.1, 0.15) is 43.4 Å². The van der Waals surface area contributed by atoms with Crippen molar-refractivity contribution in [1.29, 1.82) is 0 Å². The largest absolute Gasteiger partial charge is 0.479 e. The molecule has 0 fully saturated rings. The summed E-state index contributed by atoms with van der Waals surface area (Å²) in [7, 11) is 0. The Kier molecular flexibility index (Phi) is 7.12. The van der Waals surface area contributed by atoms with Gasteiger partial charge in [0.2, 0.25) is 5.91 Å². The summed E-state index contributed by atoms with van der Waals surface area (Å²) in [6.07, 6.45) is 3.48. The minimum atomic E-state index is -0.581. The molecule has 0 saturated heterocycles. The molecule has 174 valence electrons. The van der Waals surface area contributed by atoms with Crippen LogP contribution in [0.15, 0.2) is 78.9 Å². The van der Waals surface area contributed by atoms with Gasteiger partial charge in [-0.15, -0.1) is 0 Å². The molecule has 34 heavy (non-hydrogen) atoms. The van der Waals surface area contributed by atoms with E-state index in [2.05, 4.69) is 43.4 Å². The Balaban J connectivity index is 1.44. The normalized spacial score (nSPS) is 15.4. The van der Waals surface area contributed by atoms with Gasteiger partial charge in [-0.1, -0.05) is 68.4 Å². The first-order valence-corrected chi connectivity index (χ1v) is 11.7. The van der Waals surface area contributed by atoms with Gasteiger partial charge in [0.15, 0.2) is 6.10 Å². The quantitative estimate of drug-likeness (QED) is 0.458. The lowest BCUT2D eigenvalue weighted by Crippen LogP contribution is -2.45. The Morgan fingerprint density at radius 3 is 2.50 bits per heavy atom. The van der Waals surface area contributed by atoms with Crippen molar-refractivity contribution in [1.82, 2.24) is 0 Å². The number of amides is 2. The van der Waals surface area contributed by atoms with Gasteiger partial charge in [0, 0.05) is 24.4 Å². The third-order valence-corrected chi connectivity index (χ3v) is 5.93. The topological polar surface area (TPSA) is 58.6 Å². The van der Waals surface area contributed by atoms with Crippen LogP contribution in [0, 0.1) is 0 Å². The van der Waals surface area contributed by atoms with Crippen molar-refractivity contribution >= 4 is 29.3 Å². The van der Waals surface area contributed by atoms with Crippen LogP contribution in [0.2, 0.25) is 0 Å². The van der Waals surface area contributed by atoms with E-state index in [0.717, 1.165) is 17.7 Å². The molecule has 0 spiro atoms. The maximum absolute atomic E-state index is 12.8. The Morgan fingerprint density at radius 1 is 1.06 bits per heavy atom. The van der Waals surface area contributed by atoms with Crippen LogP contribution in [0.25, 0.3) is 6.08 Å². The highest BCUT2D eigenvalue weighted by Gasteiger charge is 2.31. The molecule has 3 aromatic carbocycles. The summed E-state index contributed by atoms with van der Waals surface area (Å²) in [6, 6.07) is 23.7. The van der Waals surface area contributed by atoms with E-state index in [0.29, 0.717) is 23.9 Å². The molecule has 1 aliphatic heterocycles. The first-order chi connectivity index (χ1) is 16.4. The minimum absolute atomic E-state index is 0.0633. The Hall–Kier alpha value is -3.86. The molecule has 0 aromatic heterocycles. The first kappa shape index (κ1) is 23.3. The van der Waals surface area contributed by atoms with E-state index in [-0.39, 0.29) is 11.8 Å². The maximum Gasteiger partial charge on any atom is 0.267 e. The zero-order valence-electron chi connectivity index (χ0n) is 19.8. The number of hydrogen-bond donors (Lipinski definition) is 1. The van der Waals surface area contributed by atoms with E-state index in [4.69, 9.17) is 4.74 Å². The van der Waals surface area contributed by atoms with E-state index in [1.54, 1.807) is 30.0 Å². The summed E-state index contributed by atoms with van der Waals surface area (Å²) in [5.41, 5.74) is 4.74. The Labute approximate surface area is 201 Å². The smallest absolute Gasteiger partial charge is 0.267 e. The van der Waals surface area contributed by atoms with Crippen LogP contribution in [-0.4, -0.2) is 24.5 Å². The summed E-state index contributed by atoms with van der Waals surface area (Å²) in [5, 5.41) is 2.88. The van der Waals surface area contributed by atoms with Crippen molar-refractivity contribution in [2.75, 3.05) is 16.8 Å². The molecule has 5 nitrogen and oxygen atoms in total. The zero-order chi connectivity index (χ0) is 24.1. The van der Waals surface area contributed by atoms with Crippen LogP contribution in [0.5, 0.6) is 5.75 Å². The van der Waals surface area contributed by atoms with Gasteiger partial charge in [0.25, 0.3) is 5.91 Å². The predicted octanol–water partition coefficient (Wildman–Crippen LogP) is 5.82. The number of anilines is 2. The van der Waals surface area contributed by atoms with Gasteiger partial charge >= 0.3 is 0 Å². The molecule has 0 bridgehead atoms.